The van der Waals surface area contributed by atoms with Crippen LogP contribution in [0.4, 0.5) is 11.4 Å². The van der Waals surface area contributed by atoms with Crippen LogP contribution >= 0.6 is 11.8 Å². The summed E-state index contributed by atoms with van der Waals surface area (Å²) in [7, 11) is 1.52. The van der Waals surface area contributed by atoms with Gasteiger partial charge in [-0.3, -0.25) is 29.5 Å². The Morgan fingerprint density at radius 1 is 1.45 bits per heavy atom. The molecule has 0 bridgehead atoms. The molecule has 3 N–H and O–H groups in total. The second-order valence-electron chi connectivity index (χ2n) is 3.78. The topological polar surface area (TPSA) is 137 Å². The molecule has 104 valence electrons. The first-order valence-electron chi connectivity index (χ1n) is 5.27. The maximum absolute atomic E-state index is 11.2. The molecule has 2 aromatic rings. The number of nitrogens with zero attached hydrogens (tertiary/aromatic N) is 3. The first-order chi connectivity index (χ1) is 9.38. The van der Waals surface area contributed by atoms with Crippen LogP contribution in [-0.2, 0) is 7.05 Å². The Morgan fingerprint density at radius 2 is 2.15 bits per heavy atom. The normalized spacial score (nSPS) is 10.4. The number of rotatable bonds is 3. The van der Waals surface area contributed by atoms with E-state index in [1.165, 1.54) is 29.9 Å². The molecule has 0 unspecified atom stereocenters. The van der Waals surface area contributed by atoms with Crippen LogP contribution in [-0.4, -0.2) is 19.7 Å². The number of nitrogens with two attached hydrogens (primary N) is 1. The highest BCUT2D eigenvalue weighted by Crippen LogP contribution is 2.30. The number of hydrogen-bond donors (Lipinski definition) is 2. The van der Waals surface area contributed by atoms with Crippen LogP contribution in [0, 0.1) is 10.1 Å². The van der Waals surface area contributed by atoms with Crippen molar-refractivity contribution in [3.05, 3.63) is 49.0 Å². The van der Waals surface area contributed by atoms with Crippen LogP contribution in [0.2, 0.25) is 0 Å². The number of nitro benzene ring substituents is 1. The molecule has 2 rings (SSSR count). The summed E-state index contributed by atoms with van der Waals surface area (Å²) >= 11 is 1.05. The number of hydrogen-bond acceptors (Lipinski definition) is 7. The second-order valence-corrected chi connectivity index (χ2v) is 4.82. The summed E-state index contributed by atoms with van der Waals surface area (Å²) in [5, 5.41) is 13.2. The van der Waals surface area contributed by atoms with Crippen LogP contribution in [0.3, 0.4) is 0 Å². The van der Waals surface area contributed by atoms with Crippen LogP contribution in [0.1, 0.15) is 0 Å². The maximum atomic E-state index is 11.2. The summed E-state index contributed by atoms with van der Waals surface area (Å²) < 4.78 is 1.28. The molecule has 1 aromatic carbocycles. The highest BCUT2D eigenvalue weighted by Gasteiger charge is 2.13. The lowest BCUT2D eigenvalue weighted by atomic mass is 10.3. The fourth-order valence-electron chi connectivity index (χ4n) is 1.42. The number of aryl methyl sites for hydroxylation is 1. The van der Waals surface area contributed by atoms with Gasteiger partial charge < -0.3 is 5.73 Å². The smallest absolute Gasteiger partial charge is 0.339 e. The van der Waals surface area contributed by atoms with E-state index in [4.69, 9.17) is 5.73 Å². The van der Waals surface area contributed by atoms with Crippen molar-refractivity contribution in [1.29, 1.82) is 0 Å². The maximum Gasteiger partial charge on any atom is 0.339 e. The average molecular weight is 295 g/mol. The third kappa shape index (κ3) is 2.69. The Labute approximate surface area is 115 Å². The second kappa shape index (κ2) is 5.17. The number of nitrogen functional groups attached to an aromatic ring is 1. The van der Waals surface area contributed by atoms with Crippen LogP contribution in [0.15, 0.2) is 37.8 Å². The van der Waals surface area contributed by atoms with Crippen molar-refractivity contribution in [3.8, 4) is 0 Å². The summed E-state index contributed by atoms with van der Waals surface area (Å²) in [6.07, 6.45) is 0. The number of anilines is 1. The summed E-state index contributed by atoms with van der Waals surface area (Å²) in [5.41, 5.74) is 3.66. The minimum atomic E-state index is -0.902. The largest absolute Gasteiger partial charge is 0.393 e. The van der Waals surface area contributed by atoms with Gasteiger partial charge in [-0.25, -0.2) is 0 Å². The highest BCUT2D eigenvalue weighted by molar-refractivity contribution is 7.99. The monoisotopic (exact) mass is 295 g/mol. The molecule has 0 aliphatic heterocycles. The van der Waals surface area contributed by atoms with E-state index in [-0.39, 0.29) is 16.5 Å². The van der Waals surface area contributed by atoms with Gasteiger partial charge in [-0.2, -0.15) is 4.98 Å². The molecule has 0 radical (unpaired) electrons. The quantitative estimate of drug-likeness (QED) is 0.355. The minimum Gasteiger partial charge on any atom is -0.393 e. The Kier molecular flexibility index (Phi) is 3.57. The van der Waals surface area contributed by atoms with E-state index in [1.54, 1.807) is 0 Å². The zero-order valence-corrected chi connectivity index (χ0v) is 11.0. The molecule has 0 aliphatic carbocycles. The average Bonchev–Trinajstić information content (AvgIpc) is 2.35. The van der Waals surface area contributed by atoms with Crippen molar-refractivity contribution in [3.63, 3.8) is 0 Å². The Bertz CT molecular complexity index is 797. The van der Waals surface area contributed by atoms with Gasteiger partial charge in [0, 0.05) is 18.0 Å². The van der Waals surface area contributed by atoms with Crippen molar-refractivity contribution in [2.45, 2.75) is 10.1 Å². The van der Waals surface area contributed by atoms with Crippen LogP contribution in [0.25, 0.3) is 0 Å². The van der Waals surface area contributed by atoms with Gasteiger partial charge in [-0.05, 0) is 12.1 Å². The van der Waals surface area contributed by atoms with E-state index >= 15 is 0 Å². The third-order valence-corrected chi connectivity index (χ3v) is 3.39. The molecule has 1 aromatic heterocycles. The van der Waals surface area contributed by atoms with Crippen LogP contribution in [0.5, 0.6) is 0 Å². The predicted octanol–water partition coefficient (Wildman–Crippen LogP) is 0.110. The van der Waals surface area contributed by atoms with Crippen molar-refractivity contribution in [2.24, 2.45) is 7.05 Å². The van der Waals surface area contributed by atoms with Crippen LogP contribution < -0.4 is 16.9 Å². The van der Waals surface area contributed by atoms with E-state index in [1.807, 2.05) is 0 Å². The Balaban J connectivity index is 2.38. The van der Waals surface area contributed by atoms with Gasteiger partial charge in [0.15, 0.2) is 5.16 Å². The number of aromatic nitrogens is 3. The lowest BCUT2D eigenvalue weighted by molar-refractivity contribution is -0.383. The van der Waals surface area contributed by atoms with Crippen molar-refractivity contribution in [2.75, 3.05) is 5.73 Å². The number of nitro groups is 1. The number of nitrogens with one attached hydrogen (secondary N) is 1. The molecule has 9 nitrogen and oxygen atoms in total. The molecule has 0 fully saturated rings. The van der Waals surface area contributed by atoms with Gasteiger partial charge in [-0.15, -0.1) is 0 Å². The molecular formula is C10H9N5O4S. The first kappa shape index (κ1) is 13.8. The molecule has 0 amide bonds. The van der Waals surface area contributed by atoms with Crippen molar-refractivity contribution >= 4 is 23.1 Å². The molecule has 1 heterocycles. The number of aromatic amines is 1. The molecule has 0 spiro atoms. The molecule has 0 saturated carbocycles. The molecule has 10 heteroatoms. The fourth-order valence-corrected chi connectivity index (χ4v) is 2.26. The predicted molar refractivity (Wildman–Crippen MR) is 71.7 cm³/mol. The van der Waals surface area contributed by atoms with Crippen molar-refractivity contribution < 1.29 is 4.92 Å². The summed E-state index contributed by atoms with van der Waals surface area (Å²) in [6.45, 7) is 0. The first-order valence-corrected chi connectivity index (χ1v) is 6.09. The molecule has 0 aliphatic rings. The standard InChI is InChI=1S/C10H9N5O4S/c1-14-10(12-8(16)9(17)13-14)20-5-2-3-7(15(18)19)6(11)4-5/h2-4H,11H2,1H3,(H,13,17). The third-order valence-electron chi connectivity index (χ3n) is 2.35. The zero-order chi connectivity index (χ0) is 14.9. The lowest BCUT2D eigenvalue weighted by Crippen LogP contribution is -2.33. The molecule has 20 heavy (non-hydrogen) atoms. The molecular weight excluding hydrogens is 286 g/mol. The molecule has 0 atom stereocenters. The van der Waals surface area contributed by atoms with Gasteiger partial charge >= 0.3 is 11.1 Å². The van der Waals surface area contributed by atoms with Crippen molar-refractivity contribution in [1.82, 2.24) is 14.8 Å². The summed E-state index contributed by atoms with van der Waals surface area (Å²) in [6, 6.07) is 4.15. The van der Waals surface area contributed by atoms with E-state index in [0.29, 0.717) is 4.90 Å². The van der Waals surface area contributed by atoms with Gasteiger partial charge in [0.25, 0.3) is 5.69 Å². The highest BCUT2D eigenvalue weighted by atomic mass is 32.2. The zero-order valence-electron chi connectivity index (χ0n) is 10.2. The van der Waals surface area contributed by atoms with E-state index < -0.39 is 16.0 Å². The van der Waals surface area contributed by atoms with E-state index in [2.05, 4.69) is 10.1 Å². The van der Waals surface area contributed by atoms with E-state index in [0.717, 1.165) is 11.8 Å². The SMILES string of the molecule is Cn1[nH]c(=O)c(=O)nc1Sc1ccc([N+](=O)[O-])c(N)c1. The summed E-state index contributed by atoms with van der Waals surface area (Å²) in [4.78, 5) is 36.5. The number of benzene rings is 1. The van der Waals surface area contributed by atoms with Gasteiger partial charge in [0.05, 0.1) is 4.92 Å². The Morgan fingerprint density at radius 3 is 2.75 bits per heavy atom. The number of H-pyrrole nitrogens is 1. The van der Waals surface area contributed by atoms with E-state index in [9.17, 15) is 19.7 Å². The van der Waals surface area contributed by atoms with Gasteiger partial charge in [-0.1, -0.05) is 11.8 Å². The fraction of sp³-hybridized carbons (Fsp3) is 0.100. The Hall–Kier alpha value is -2.62. The minimum absolute atomic E-state index is 0.00873. The lowest BCUT2D eigenvalue weighted by Gasteiger charge is -2.06. The molecule has 0 saturated heterocycles. The van der Waals surface area contributed by atoms with Gasteiger partial charge in [0.1, 0.15) is 5.69 Å². The van der Waals surface area contributed by atoms with Gasteiger partial charge in [0.2, 0.25) is 0 Å². The summed E-state index contributed by atoms with van der Waals surface area (Å²) in [5.74, 6) is 0.